The van der Waals surface area contributed by atoms with Gasteiger partial charge in [-0.25, -0.2) is 0 Å². The third kappa shape index (κ3) is 3.58. The van der Waals surface area contributed by atoms with Crippen molar-refractivity contribution in [2.24, 2.45) is 0 Å². The lowest BCUT2D eigenvalue weighted by atomic mass is 10.0. The van der Waals surface area contributed by atoms with Crippen molar-refractivity contribution in [1.29, 1.82) is 0 Å². The summed E-state index contributed by atoms with van der Waals surface area (Å²) >= 11 is 0. The Balaban J connectivity index is 2.44. The number of hydrogen-bond donors (Lipinski definition) is 1. The summed E-state index contributed by atoms with van der Waals surface area (Å²) < 4.78 is 11.2. The summed E-state index contributed by atoms with van der Waals surface area (Å²) in [6, 6.07) is 4.08. The molecule has 4 nitrogen and oxygen atoms in total. The average Bonchev–Trinajstić information content (AvgIpc) is 2.79. The minimum atomic E-state index is -0.0842. The van der Waals surface area contributed by atoms with Crippen LogP contribution in [0.2, 0.25) is 0 Å². The second kappa shape index (κ2) is 6.90. The highest BCUT2D eigenvalue weighted by molar-refractivity contribution is 5.97. The van der Waals surface area contributed by atoms with Crippen LogP contribution in [-0.2, 0) is 4.79 Å². The van der Waals surface area contributed by atoms with E-state index in [1.54, 1.807) is 13.2 Å². The molecule has 0 spiro atoms. The van der Waals surface area contributed by atoms with Crippen LogP contribution >= 0.6 is 0 Å². The molecule has 124 valence electrons. The zero-order valence-corrected chi connectivity index (χ0v) is 14.7. The summed E-state index contributed by atoms with van der Waals surface area (Å²) in [5.41, 5.74) is 3.68. The maximum absolute atomic E-state index is 12.1. The molecule has 0 aliphatic carbocycles. The molecule has 0 fully saturated rings. The van der Waals surface area contributed by atoms with Gasteiger partial charge in [0.05, 0.1) is 7.11 Å². The molecule has 2 rings (SSSR count). The Bertz CT molecular complexity index is 756. The van der Waals surface area contributed by atoms with E-state index in [9.17, 15) is 4.79 Å². The lowest BCUT2D eigenvalue weighted by Gasteiger charge is -2.12. The standard InChI is InChI=1S/C19H25NO3/c1-7-12(3)20-19(21)8-11(2)15-9-16-13(4)14(5)23-18(16)10-17(15)22-6/h8-10,12H,7H2,1-6H3,(H,20,21)/b11-8+. The van der Waals surface area contributed by atoms with Crippen molar-refractivity contribution in [3.63, 3.8) is 0 Å². The topological polar surface area (TPSA) is 51.5 Å². The minimum absolute atomic E-state index is 0.0842. The van der Waals surface area contributed by atoms with Gasteiger partial charge >= 0.3 is 0 Å². The number of benzene rings is 1. The zero-order chi connectivity index (χ0) is 17.1. The first kappa shape index (κ1) is 17.1. The number of ether oxygens (including phenoxy) is 1. The number of allylic oxidation sites excluding steroid dienone is 1. The van der Waals surface area contributed by atoms with Gasteiger partial charge in [-0.15, -0.1) is 0 Å². The molecule has 1 atom stereocenters. The highest BCUT2D eigenvalue weighted by Gasteiger charge is 2.14. The normalized spacial score (nSPS) is 13.2. The second-order valence-corrected chi connectivity index (χ2v) is 5.98. The number of carbonyl (C=O) groups excluding carboxylic acids is 1. The summed E-state index contributed by atoms with van der Waals surface area (Å²) in [6.45, 7) is 9.94. The second-order valence-electron chi connectivity index (χ2n) is 5.98. The Kier molecular flexibility index (Phi) is 5.14. The molecule has 1 aromatic carbocycles. The lowest BCUT2D eigenvalue weighted by molar-refractivity contribution is -0.117. The number of amides is 1. The molecule has 1 N–H and O–H groups in total. The van der Waals surface area contributed by atoms with Crippen molar-refractivity contribution >= 4 is 22.4 Å². The van der Waals surface area contributed by atoms with Gasteiger partial charge in [0.15, 0.2) is 0 Å². The van der Waals surface area contributed by atoms with E-state index < -0.39 is 0 Å². The van der Waals surface area contributed by atoms with E-state index in [2.05, 4.69) is 5.32 Å². The number of carbonyl (C=O) groups is 1. The van der Waals surface area contributed by atoms with E-state index in [4.69, 9.17) is 9.15 Å². The van der Waals surface area contributed by atoms with Gasteiger partial charge in [-0.05, 0) is 51.3 Å². The van der Waals surface area contributed by atoms with Gasteiger partial charge in [-0.3, -0.25) is 4.79 Å². The molecule has 23 heavy (non-hydrogen) atoms. The van der Waals surface area contributed by atoms with Crippen molar-refractivity contribution in [2.75, 3.05) is 7.11 Å². The highest BCUT2D eigenvalue weighted by Crippen LogP contribution is 2.34. The van der Waals surface area contributed by atoms with E-state index in [0.29, 0.717) is 5.75 Å². The van der Waals surface area contributed by atoms with Gasteiger partial charge in [-0.2, -0.15) is 0 Å². The predicted molar refractivity (Wildman–Crippen MR) is 93.8 cm³/mol. The Hall–Kier alpha value is -2.23. The van der Waals surface area contributed by atoms with Gasteiger partial charge < -0.3 is 14.5 Å². The Morgan fingerprint density at radius 3 is 2.70 bits per heavy atom. The maximum atomic E-state index is 12.1. The quantitative estimate of drug-likeness (QED) is 0.833. The van der Waals surface area contributed by atoms with Crippen LogP contribution in [0.15, 0.2) is 22.6 Å². The van der Waals surface area contributed by atoms with Gasteiger partial charge in [0, 0.05) is 29.1 Å². The molecular weight excluding hydrogens is 290 g/mol. The lowest BCUT2D eigenvalue weighted by Crippen LogP contribution is -2.30. The number of rotatable bonds is 5. The first-order valence-corrected chi connectivity index (χ1v) is 7.94. The fourth-order valence-corrected chi connectivity index (χ4v) is 2.51. The number of aryl methyl sites for hydroxylation is 2. The maximum Gasteiger partial charge on any atom is 0.244 e. The third-order valence-corrected chi connectivity index (χ3v) is 4.27. The minimum Gasteiger partial charge on any atom is -0.496 e. The summed E-state index contributed by atoms with van der Waals surface area (Å²) in [7, 11) is 1.62. The Morgan fingerprint density at radius 1 is 1.39 bits per heavy atom. The van der Waals surface area contributed by atoms with Crippen LogP contribution in [-0.4, -0.2) is 19.1 Å². The molecule has 0 radical (unpaired) electrons. The molecule has 1 amide bonds. The molecule has 0 saturated carbocycles. The van der Waals surface area contributed by atoms with E-state index in [0.717, 1.165) is 39.9 Å². The first-order chi connectivity index (χ1) is 10.9. The first-order valence-electron chi connectivity index (χ1n) is 7.94. The monoisotopic (exact) mass is 315 g/mol. The SMILES string of the molecule is CCC(C)NC(=O)/C=C(\C)c1cc2c(C)c(C)oc2cc1OC. The molecule has 1 aromatic heterocycles. The molecule has 0 aliphatic heterocycles. The van der Waals surface area contributed by atoms with Gasteiger partial charge in [0.2, 0.25) is 5.91 Å². The molecule has 1 unspecified atom stereocenters. The predicted octanol–water partition coefficient (Wildman–Crippen LogP) is 4.38. The number of furan rings is 1. The largest absolute Gasteiger partial charge is 0.496 e. The number of nitrogens with one attached hydrogen (secondary N) is 1. The summed E-state index contributed by atoms with van der Waals surface area (Å²) in [5.74, 6) is 1.52. The Morgan fingerprint density at radius 2 is 2.09 bits per heavy atom. The smallest absolute Gasteiger partial charge is 0.244 e. The van der Waals surface area contributed by atoms with Crippen molar-refractivity contribution in [3.05, 3.63) is 35.1 Å². The fourth-order valence-electron chi connectivity index (χ4n) is 2.51. The molecule has 4 heteroatoms. The Labute approximate surface area is 137 Å². The number of hydrogen-bond acceptors (Lipinski definition) is 3. The van der Waals surface area contributed by atoms with Gasteiger partial charge in [0.1, 0.15) is 17.1 Å². The van der Waals surface area contributed by atoms with E-state index in [1.807, 2.05) is 46.8 Å². The molecule has 2 aromatic rings. The molecule has 0 aliphatic rings. The van der Waals surface area contributed by atoms with E-state index in [1.165, 1.54) is 0 Å². The number of methoxy groups -OCH3 is 1. The summed E-state index contributed by atoms with van der Waals surface area (Å²) in [5, 5.41) is 4.00. The zero-order valence-electron chi connectivity index (χ0n) is 14.7. The third-order valence-electron chi connectivity index (χ3n) is 4.27. The summed E-state index contributed by atoms with van der Waals surface area (Å²) in [6.07, 6.45) is 2.53. The van der Waals surface area contributed by atoms with Gasteiger partial charge in [-0.1, -0.05) is 6.92 Å². The van der Waals surface area contributed by atoms with E-state index in [-0.39, 0.29) is 11.9 Å². The van der Waals surface area contributed by atoms with Crippen LogP contribution in [0.25, 0.3) is 16.5 Å². The number of fused-ring (bicyclic) bond motifs is 1. The van der Waals surface area contributed by atoms with Crippen LogP contribution < -0.4 is 10.1 Å². The van der Waals surface area contributed by atoms with Crippen molar-refractivity contribution in [2.45, 2.75) is 47.1 Å². The van der Waals surface area contributed by atoms with Crippen LogP contribution in [0.5, 0.6) is 5.75 Å². The fraction of sp³-hybridized carbons (Fsp3) is 0.421. The van der Waals surface area contributed by atoms with Crippen LogP contribution in [0.3, 0.4) is 0 Å². The van der Waals surface area contributed by atoms with Crippen molar-refractivity contribution in [3.8, 4) is 5.75 Å². The molecule has 0 bridgehead atoms. The van der Waals surface area contributed by atoms with Crippen LogP contribution in [0, 0.1) is 13.8 Å². The van der Waals surface area contributed by atoms with Crippen LogP contribution in [0.4, 0.5) is 0 Å². The average molecular weight is 315 g/mol. The highest BCUT2D eigenvalue weighted by atomic mass is 16.5. The molecular formula is C19H25NO3. The van der Waals surface area contributed by atoms with Gasteiger partial charge in [0.25, 0.3) is 0 Å². The molecule has 1 heterocycles. The van der Waals surface area contributed by atoms with E-state index >= 15 is 0 Å². The van der Waals surface area contributed by atoms with Crippen molar-refractivity contribution < 1.29 is 13.9 Å². The van der Waals surface area contributed by atoms with Crippen LogP contribution in [0.1, 0.15) is 44.1 Å². The summed E-state index contributed by atoms with van der Waals surface area (Å²) in [4.78, 5) is 12.1. The van der Waals surface area contributed by atoms with Crippen molar-refractivity contribution in [1.82, 2.24) is 5.32 Å². The molecule has 0 saturated heterocycles.